The van der Waals surface area contributed by atoms with E-state index in [9.17, 15) is 9.50 Å². The zero-order valence-corrected chi connectivity index (χ0v) is 16.8. The van der Waals surface area contributed by atoms with Gasteiger partial charge >= 0.3 is 0 Å². The predicted octanol–water partition coefficient (Wildman–Crippen LogP) is 4.85. The van der Waals surface area contributed by atoms with Crippen LogP contribution in [0.4, 0.5) is 10.1 Å². The number of unbranched alkanes of at least 4 members (excludes halogenated alkanes) is 7. The number of likely N-dealkylation sites (N-methyl/N-ethyl adjacent to an activating group) is 1. The minimum absolute atomic E-state index is 0. The summed E-state index contributed by atoms with van der Waals surface area (Å²) in [7, 11) is 4.14. The van der Waals surface area contributed by atoms with Crippen LogP contribution < -0.4 is 5.11 Å². The van der Waals surface area contributed by atoms with E-state index in [0.29, 0.717) is 16.7 Å². The number of nitrogens with zero attached hydrogens (tertiary/aromatic N) is 2. The Balaban J connectivity index is 0.00000576. The molecule has 0 radical (unpaired) electrons. The lowest BCUT2D eigenvalue weighted by Crippen LogP contribution is -2.47. The monoisotopic (exact) mass is 372 g/mol. The second-order valence-corrected chi connectivity index (χ2v) is 7.27. The van der Waals surface area contributed by atoms with Gasteiger partial charge in [-0.05, 0) is 37.1 Å². The lowest BCUT2D eigenvalue weighted by molar-refractivity contribution is -0.883. The van der Waals surface area contributed by atoms with Crippen LogP contribution in [0.3, 0.4) is 0 Å². The van der Waals surface area contributed by atoms with Crippen LogP contribution >= 0.6 is 12.4 Å². The minimum Gasteiger partial charge on any atom is -0.858 e. The average Bonchev–Trinajstić information content (AvgIpc) is 2.51. The standard InChI is InChI=1S/C20H33FN2O.ClH/c1-4-5-6-7-8-9-10-11-16-23(2,3)17-20(24)22-19-14-12-18(21)13-15-19;/h12-15H,4-11,16-17H2,1-3H3;1H. The molecular weight excluding hydrogens is 339 g/mol. The molecule has 25 heavy (non-hydrogen) atoms. The second kappa shape index (κ2) is 13.1. The molecule has 0 aliphatic carbocycles. The van der Waals surface area contributed by atoms with Gasteiger partial charge in [-0.25, -0.2) is 4.39 Å². The van der Waals surface area contributed by atoms with Crippen LogP contribution in [-0.4, -0.2) is 37.6 Å². The van der Waals surface area contributed by atoms with E-state index >= 15 is 0 Å². The van der Waals surface area contributed by atoms with Crippen molar-refractivity contribution in [3.63, 3.8) is 0 Å². The zero-order valence-electron chi connectivity index (χ0n) is 16.0. The van der Waals surface area contributed by atoms with Gasteiger partial charge in [-0.15, -0.1) is 12.4 Å². The maximum absolute atomic E-state index is 12.9. The molecule has 5 heteroatoms. The molecule has 0 heterocycles. The Hall–Kier alpha value is -1.13. The third kappa shape index (κ3) is 12.0. The molecule has 0 saturated carbocycles. The van der Waals surface area contributed by atoms with Gasteiger partial charge in [-0.2, -0.15) is 0 Å². The van der Waals surface area contributed by atoms with Crippen molar-refractivity contribution in [3.8, 4) is 0 Å². The number of hydrogen-bond donors (Lipinski definition) is 0. The largest absolute Gasteiger partial charge is 0.858 e. The first-order valence-corrected chi connectivity index (χ1v) is 9.25. The van der Waals surface area contributed by atoms with Crippen LogP contribution in [0.15, 0.2) is 29.3 Å². The van der Waals surface area contributed by atoms with Gasteiger partial charge in [0.15, 0.2) is 0 Å². The summed E-state index contributed by atoms with van der Waals surface area (Å²) in [6.45, 7) is 3.61. The number of halogens is 2. The van der Waals surface area contributed by atoms with Crippen molar-refractivity contribution in [2.45, 2.75) is 58.3 Å². The van der Waals surface area contributed by atoms with Crippen molar-refractivity contribution in [2.24, 2.45) is 4.99 Å². The van der Waals surface area contributed by atoms with Gasteiger partial charge < -0.3 is 9.59 Å². The molecule has 0 aliphatic heterocycles. The number of benzene rings is 1. The predicted molar refractivity (Wildman–Crippen MR) is 105 cm³/mol. The van der Waals surface area contributed by atoms with Gasteiger partial charge in [-0.3, -0.25) is 4.99 Å². The maximum atomic E-state index is 12.9. The summed E-state index contributed by atoms with van der Waals surface area (Å²) < 4.78 is 13.5. The Kier molecular flexibility index (Phi) is 12.5. The Morgan fingerprint density at radius 2 is 1.48 bits per heavy atom. The van der Waals surface area contributed by atoms with E-state index in [-0.39, 0.29) is 24.1 Å². The summed E-state index contributed by atoms with van der Waals surface area (Å²) in [5, 5.41) is 12.1. The number of aliphatic imine (C=N–C) groups is 1. The normalized spacial score (nSPS) is 12.1. The molecule has 0 unspecified atom stereocenters. The minimum atomic E-state index is -0.313. The molecule has 0 aliphatic rings. The van der Waals surface area contributed by atoms with Gasteiger partial charge in [0.25, 0.3) is 0 Å². The fourth-order valence-electron chi connectivity index (χ4n) is 2.81. The van der Waals surface area contributed by atoms with Gasteiger partial charge in [0.2, 0.25) is 0 Å². The summed E-state index contributed by atoms with van der Waals surface area (Å²) in [5.74, 6) is -0.460. The van der Waals surface area contributed by atoms with Gasteiger partial charge in [0.05, 0.1) is 26.3 Å². The molecule has 144 valence electrons. The van der Waals surface area contributed by atoms with E-state index in [2.05, 4.69) is 26.0 Å². The molecule has 0 saturated heterocycles. The highest BCUT2D eigenvalue weighted by molar-refractivity contribution is 5.85. The fourth-order valence-corrected chi connectivity index (χ4v) is 2.81. The lowest BCUT2D eigenvalue weighted by atomic mass is 10.1. The molecule has 0 N–H and O–H groups in total. The summed E-state index contributed by atoms with van der Waals surface area (Å²) in [6, 6.07) is 5.72. The summed E-state index contributed by atoms with van der Waals surface area (Å²) in [4.78, 5) is 4.05. The highest BCUT2D eigenvalue weighted by Gasteiger charge is 2.14. The van der Waals surface area contributed by atoms with E-state index in [1.165, 1.54) is 69.2 Å². The highest BCUT2D eigenvalue weighted by atomic mass is 35.5. The van der Waals surface area contributed by atoms with Crippen molar-refractivity contribution >= 4 is 24.0 Å². The molecule has 1 aromatic carbocycles. The molecule has 0 spiro atoms. The van der Waals surface area contributed by atoms with Crippen LogP contribution in [0.2, 0.25) is 0 Å². The van der Waals surface area contributed by atoms with Crippen LogP contribution in [0.1, 0.15) is 58.3 Å². The molecule has 0 atom stereocenters. The van der Waals surface area contributed by atoms with E-state index in [4.69, 9.17) is 0 Å². The van der Waals surface area contributed by atoms with Crippen molar-refractivity contribution in [3.05, 3.63) is 30.1 Å². The highest BCUT2D eigenvalue weighted by Crippen LogP contribution is 2.13. The first-order valence-electron chi connectivity index (χ1n) is 9.25. The van der Waals surface area contributed by atoms with E-state index < -0.39 is 0 Å². The summed E-state index contributed by atoms with van der Waals surface area (Å²) in [6.07, 6.45) is 10.3. The molecule has 0 bridgehead atoms. The first kappa shape index (κ1) is 23.9. The molecule has 0 amide bonds. The van der Waals surface area contributed by atoms with Crippen LogP contribution in [-0.2, 0) is 0 Å². The van der Waals surface area contributed by atoms with Crippen LogP contribution in [0, 0.1) is 5.82 Å². The molecule has 3 nitrogen and oxygen atoms in total. The number of hydrogen-bond acceptors (Lipinski definition) is 2. The fraction of sp³-hybridized carbons (Fsp3) is 0.650. The third-order valence-electron chi connectivity index (χ3n) is 4.26. The van der Waals surface area contributed by atoms with Gasteiger partial charge in [-0.1, -0.05) is 45.4 Å². The number of rotatable bonds is 12. The first-order chi connectivity index (χ1) is 11.4. The average molecular weight is 373 g/mol. The molecular formula is C20H34ClFN2O. The third-order valence-corrected chi connectivity index (χ3v) is 4.26. The quantitative estimate of drug-likeness (QED) is 0.223. The Bertz CT molecular complexity index is 489. The van der Waals surface area contributed by atoms with Crippen molar-refractivity contribution < 1.29 is 14.0 Å². The Morgan fingerprint density at radius 3 is 2.04 bits per heavy atom. The SMILES string of the molecule is CCCCCCCCCC[N+](C)(C)CC([O-])=Nc1ccc(F)cc1.Cl. The smallest absolute Gasteiger partial charge is 0.123 e. The van der Waals surface area contributed by atoms with E-state index in [1.807, 2.05) is 0 Å². The topological polar surface area (TPSA) is 35.4 Å². The van der Waals surface area contributed by atoms with E-state index in [0.717, 1.165) is 13.0 Å². The lowest BCUT2D eigenvalue weighted by Gasteiger charge is -2.32. The molecule has 1 aromatic rings. The summed E-state index contributed by atoms with van der Waals surface area (Å²) in [5.41, 5.74) is 0.522. The van der Waals surface area contributed by atoms with E-state index in [1.54, 1.807) is 0 Å². The Morgan fingerprint density at radius 1 is 0.960 bits per heavy atom. The zero-order chi connectivity index (χ0) is 17.8. The molecule has 0 aromatic heterocycles. The van der Waals surface area contributed by atoms with Crippen molar-refractivity contribution in [1.29, 1.82) is 0 Å². The number of quaternary nitrogens is 1. The van der Waals surface area contributed by atoms with Crippen molar-refractivity contribution in [1.82, 2.24) is 0 Å². The summed E-state index contributed by atoms with van der Waals surface area (Å²) >= 11 is 0. The Labute approximate surface area is 159 Å². The molecule has 0 fully saturated rings. The second-order valence-electron chi connectivity index (χ2n) is 7.27. The molecule has 1 rings (SSSR count). The van der Waals surface area contributed by atoms with Crippen molar-refractivity contribution in [2.75, 3.05) is 27.2 Å². The maximum Gasteiger partial charge on any atom is 0.123 e. The van der Waals surface area contributed by atoms with Gasteiger partial charge in [0.1, 0.15) is 12.4 Å². The van der Waals surface area contributed by atoms with Crippen LogP contribution in [0.25, 0.3) is 0 Å². The van der Waals surface area contributed by atoms with Gasteiger partial charge in [0, 0.05) is 5.90 Å². The van der Waals surface area contributed by atoms with Crippen LogP contribution in [0.5, 0.6) is 0 Å².